The molecule has 1 amide bonds. The molecule has 0 saturated heterocycles. The molecule has 0 aromatic heterocycles. The van der Waals surface area contributed by atoms with Crippen LogP contribution >= 0.6 is 0 Å². The van der Waals surface area contributed by atoms with Crippen molar-refractivity contribution in [1.82, 2.24) is 4.90 Å². The number of carbonyl (C=O) groups excluding carboxylic acids is 1. The summed E-state index contributed by atoms with van der Waals surface area (Å²) in [5, 5.41) is 2.25. The minimum atomic E-state index is -0.502. The minimum absolute atomic E-state index is 0.0374. The first-order valence-electron chi connectivity index (χ1n) is 8.52. The van der Waals surface area contributed by atoms with Gasteiger partial charge in [0.2, 0.25) is 0 Å². The average molecular weight is 327 g/mol. The molecule has 4 heteroatoms. The van der Waals surface area contributed by atoms with E-state index in [0.29, 0.717) is 13.1 Å². The fourth-order valence-corrected chi connectivity index (χ4v) is 2.95. The summed E-state index contributed by atoms with van der Waals surface area (Å²) in [6.07, 6.45) is 0.511. The molecular formula is C20H25NO3. The number of amides is 1. The van der Waals surface area contributed by atoms with E-state index in [1.807, 2.05) is 39.0 Å². The number of carbonyl (C=O) groups is 1. The van der Waals surface area contributed by atoms with Gasteiger partial charge < -0.3 is 14.4 Å². The topological polar surface area (TPSA) is 38.8 Å². The summed E-state index contributed by atoms with van der Waals surface area (Å²) in [5.41, 5.74) is 0.522. The van der Waals surface area contributed by atoms with Gasteiger partial charge in [-0.1, -0.05) is 43.3 Å². The number of fused-ring (bicyclic) bond motifs is 3. The largest absolute Gasteiger partial charge is 0.488 e. The summed E-state index contributed by atoms with van der Waals surface area (Å²) in [5.74, 6) is 0.894. The molecule has 0 radical (unpaired) electrons. The molecule has 3 rings (SSSR count). The molecular weight excluding hydrogens is 302 g/mol. The number of nitrogens with zero attached hydrogens (tertiary/aromatic N) is 1. The Hall–Kier alpha value is -2.23. The second kappa shape index (κ2) is 6.34. The molecule has 1 atom stereocenters. The number of rotatable bonds is 1. The van der Waals surface area contributed by atoms with Crippen LogP contribution in [0.3, 0.4) is 0 Å². The maximum atomic E-state index is 12.5. The highest BCUT2D eigenvalue weighted by atomic mass is 16.6. The molecule has 2 aromatic rings. The molecule has 0 fully saturated rings. The Labute approximate surface area is 143 Å². The van der Waals surface area contributed by atoms with Crippen LogP contribution in [0.2, 0.25) is 0 Å². The Morgan fingerprint density at radius 2 is 2.00 bits per heavy atom. The van der Waals surface area contributed by atoms with Crippen molar-refractivity contribution < 1.29 is 14.3 Å². The third kappa shape index (κ3) is 3.48. The molecule has 0 saturated carbocycles. The zero-order valence-corrected chi connectivity index (χ0v) is 14.8. The van der Waals surface area contributed by atoms with Crippen molar-refractivity contribution in [1.29, 1.82) is 0 Å². The van der Waals surface area contributed by atoms with Crippen molar-refractivity contribution in [2.75, 3.05) is 6.54 Å². The maximum Gasteiger partial charge on any atom is 0.410 e. The highest BCUT2D eigenvalue weighted by molar-refractivity contribution is 5.89. The van der Waals surface area contributed by atoms with Crippen LogP contribution in [0.25, 0.3) is 10.8 Å². The molecule has 0 bridgehead atoms. The van der Waals surface area contributed by atoms with Crippen LogP contribution in [0.5, 0.6) is 5.75 Å². The molecule has 24 heavy (non-hydrogen) atoms. The number of benzene rings is 2. The summed E-state index contributed by atoms with van der Waals surface area (Å²) in [6, 6.07) is 12.3. The van der Waals surface area contributed by atoms with Gasteiger partial charge in [0.05, 0.1) is 13.1 Å². The van der Waals surface area contributed by atoms with E-state index in [0.717, 1.165) is 28.5 Å². The van der Waals surface area contributed by atoms with Gasteiger partial charge in [0.15, 0.2) is 0 Å². The van der Waals surface area contributed by atoms with Crippen LogP contribution < -0.4 is 4.74 Å². The van der Waals surface area contributed by atoms with Crippen LogP contribution in [-0.2, 0) is 11.3 Å². The summed E-state index contributed by atoms with van der Waals surface area (Å²) in [6.45, 7) is 8.78. The molecule has 1 heterocycles. The van der Waals surface area contributed by atoms with Gasteiger partial charge in [0, 0.05) is 10.9 Å². The molecule has 0 unspecified atom stereocenters. The van der Waals surface area contributed by atoms with Crippen LogP contribution in [0.15, 0.2) is 36.4 Å². The molecule has 2 aromatic carbocycles. The van der Waals surface area contributed by atoms with Crippen molar-refractivity contribution >= 4 is 16.9 Å². The lowest BCUT2D eigenvalue weighted by atomic mass is 10.1. The third-order valence-electron chi connectivity index (χ3n) is 4.14. The summed E-state index contributed by atoms with van der Waals surface area (Å²) in [7, 11) is 0. The van der Waals surface area contributed by atoms with Gasteiger partial charge in [0.1, 0.15) is 17.5 Å². The van der Waals surface area contributed by atoms with Crippen molar-refractivity contribution in [3.8, 4) is 5.75 Å². The second-order valence-corrected chi connectivity index (χ2v) is 7.28. The van der Waals surface area contributed by atoms with Gasteiger partial charge >= 0.3 is 6.09 Å². The fourth-order valence-electron chi connectivity index (χ4n) is 2.95. The van der Waals surface area contributed by atoms with Crippen molar-refractivity contribution in [3.05, 3.63) is 42.0 Å². The van der Waals surface area contributed by atoms with E-state index in [9.17, 15) is 4.79 Å². The lowest BCUT2D eigenvalue weighted by Crippen LogP contribution is -2.40. The van der Waals surface area contributed by atoms with E-state index >= 15 is 0 Å². The number of hydrogen-bond acceptors (Lipinski definition) is 3. The molecule has 128 valence electrons. The highest BCUT2D eigenvalue weighted by Gasteiger charge is 2.29. The monoisotopic (exact) mass is 327 g/mol. The molecule has 1 aliphatic heterocycles. The average Bonchev–Trinajstić information content (AvgIpc) is 2.72. The summed E-state index contributed by atoms with van der Waals surface area (Å²) in [4.78, 5) is 14.3. The van der Waals surface area contributed by atoms with Crippen molar-refractivity contribution in [2.24, 2.45) is 0 Å². The minimum Gasteiger partial charge on any atom is -0.488 e. The molecule has 0 aliphatic carbocycles. The van der Waals surface area contributed by atoms with Gasteiger partial charge in [-0.25, -0.2) is 4.79 Å². The van der Waals surface area contributed by atoms with E-state index in [2.05, 4.69) is 25.1 Å². The standard InChI is InChI=1S/C20H25NO3/c1-5-16-13-21(19(22)24-20(2,3)4)12-15-11-10-14-8-6-7-9-17(14)18(15)23-16/h6-11,16H,5,12-13H2,1-4H3/t16-/m1/s1. The van der Waals surface area contributed by atoms with Gasteiger partial charge in [-0.15, -0.1) is 0 Å². The predicted molar refractivity (Wildman–Crippen MR) is 95.3 cm³/mol. The zero-order chi connectivity index (χ0) is 17.3. The SMILES string of the molecule is CC[C@@H]1CN(C(=O)OC(C)(C)C)Cc2ccc3ccccc3c2O1. The number of hydrogen-bond donors (Lipinski definition) is 0. The van der Waals surface area contributed by atoms with E-state index in [1.165, 1.54) is 0 Å². The lowest BCUT2D eigenvalue weighted by Gasteiger charge is -2.27. The first-order valence-corrected chi connectivity index (χ1v) is 8.52. The maximum absolute atomic E-state index is 12.5. The number of ether oxygens (including phenoxy) is 2. The van der Waals surface area contributed by atoms with Gasteiger partial charge in [-0.2, -0.15) is 0 Å². The third-order valence-corrected chi connectivity index (χ3v) is 4.14. The van der Waals surface area contributed by atoms with E-state index in [4.69, 9.17) is 9.47 Å². The predicted octanol–water partition coefficient (Wildman–Crippen LogP) is 4.75. The summed E-state index contributed by atoms with van der Waals surface area (Å²) < 4.78 is 11.8. The lowest BCUT2D eigenvalue weighted by molar-refractivity contribution is 0.0177. The molecule has 0 spiro atoms. The van der Waals surface area contributed by atoms with Crippen molar-refractivity contribution in [2.45, 2.75) is 52.4 Å². The quantitative estimate of drug-likeness (QED) is 0.759. The van der Waals surface area contributed by atoms with Crippen molar-refractivity contribution in [3.63, 3.8) is 0 Å². The Kier molecular flexibility index (Phi) is 4.39. The molecule has 4 nitrogen and oxygen atoms in total. The smallest absolute Gasteiger partial charge is 0.410 e. The first kappa shape index (κ1) is 16.6. The van der Waals surface area contributed by atoms with Crippen LogP contribution in [-0.4, -0.2) is 29.2 Å². The Bertz CT molecular complexity index is 748. The zero-order valence-electron chi connectivity index (χ0n) is 14.8. The van der Waals surface area contributed by atoms with Gasteiger partial charge in [0.25, 0.3) is 0 Å². The fraction of sp³-hybridized carbons (Fsp3) is 0.450. The van der Waals surface area contributed by atoms with Crippen LogP contribution in [0.4, 0.5) is 4.79 Å². The molecule has 1 aliphatic rings. The molecule has 0 N–H and O–H groups in total. The van der Waals surface area contributed by atoms with E-state index < -0.39 is 5.60 Å². The Balaban J connectivity index is 1.98. The normalized spacial score (nSPS) is 17.8. The van der Waals surface area contributed by atoms with E-state index in [-0.39, 0.29) is 12.2 Å². The van der Waals surface area contributed by atoms with Crippen LogP contribution in [0.1, 0.15) is 39.7 Å². The van der Waals surface area contributed by atoms with Gasteiger partial charge in [-0.05, 0) is 32.6 Å². The highest BCUT2D eigenvalue weighted by Crippen LogP contribution is 2.34. The van der Waals surface area contributed by atoms with Gasteiger partial charge in [-0.3, -0.25) is 0 Å². The summed E-state index contributed by atoms with van der Waals surface area (Å²) >= 11 is 0. The van der Waals surface area contributed by atoms with Crippen LogP contribution in [0, 0.1) is 0 Å². The first-order chi connectivity index (χ1) is 11.4. The second-order valence-electron chi connectivity index (χ2n) is 7.28. The Morgan fingerprint density at radius 3 is 2.71 bits per heavy atom. The van der Waals surface area contributed by atoms with E-state index in [1.54, 1.807) is 4.90 Å². The Morgan fingerprint density at radius 1 is 1.25 bits per heavy atom.